The van der Waals surface area contributed by atoms with Crippen LogP contribution in [0.5, 0.6) is 0 Å². The monoisotopic (exact) mass is 492 g/mol. The van der Waals surface area contributed by atoms with Gasteiger partial charge in [0.2, 0.25) is 5.54 Å². The van der Waals surface area contributed by atoms with Gasteiger partial charge in [-0.25, -0.2) is 4.79 Å². The molecule has 0 heterocycles. The highest BCUT2D eigenvalue weighted by Gasteiger charge is 2.58. The minimum Gasteiger partial charge on any atom is -0.481 e. The summed E-state index contributed by atoms with van der Waals surface area (Å²) in [7, 11) is 0. The number of nitrogens with one attached hydrogen (secondary N) is 2. The number of alkyl halides is 3. The van der Waals surface area contributed by atoms with E-state index in [0.717, 1.165) is 22.3 Å². The molecule has 1 atom stereocenters. The topological polar surface area (TPSA) is 105 Å². The molecule has 0 bridgehead atoms. The summed E-state index contributed by atoms with van der Waals surface area (Å²) in [4.78, 5) is 35.3. The van der Waals surface area contributed by atoms with E-state index < -0.39 is 29.7 Å². The average Bonchev–Trinajstić information content (AvgIpc) is 3.12. The van der Waals surface area contributed by atoms with Gasteiger partial charge in [0.1, 0.15) is 6.61 Å². The second-order valence-electron chi connectivity index (χ2n) is 8.53. The number of benzene rings is 2. The molecule has 7 nitrogen and oxygen atoms in total. The number of fused-ring (bicyclic) bond motifs is 3. The number of unbranched alkanes of at least 4 members (excludes halogenated alkanes) is 2. The Bertz CT molecular complexity index is 1040. The van der Waals surface area contributed by atoms with Gasteiger partial charge in [-0.15, -0.1) is 0 Å². The van der Waals surface area contributed by atoms with Crippen molar-refractivity contribution in [3.05, 3.63) is 59.7 Å². The van der Waals surface area contributed by atoms with Crippen LogP contribution >= 0.6 is 0 Å². The van der Waals surface area contributed by atoms with E-state index >= 15 is 0 Å². The highest BCUT2D eigenvalue weighted by Crippen LogP contribution is 2.44. The second-order valence-corrected chi connectivity index (χ2v) is 8.53. The normalized spacial score (nSPS) is 14.4. The summed E-state index contributed by atoms with van der Waals surface area (Å²) >= 11 is 0. The van der Waals surface area contributed by atoms with Crippen molar-refractivity contribution in [1.82, 2.24) is 10.6 Å². The molecule has 10 heteroatoms. The Morgan fingerprint density at radius 1 is 0.943 bits per heavy atom. The number of ether oxygens (including phenoxy) is 1. The van der Waals surface area contributed by atoms with Crippen LogP contribution in [-0.2, 0) is 14.3 Å². The highest BCUT2D eigenvalue weighted by atomic mass is 19.4. The molecule has 0 spiro atoms. The molecule has 0 fully saturated rings. The first kappa shape index (κ1) is 26.1. The van der Waals surface area contributed by atoms with Gasteiger partial charge in [-0.3, -0.25) is 14.9 Å². The Morgan fingerprint density at radius 3 is 2.06 bits per heavy atom. The number of carboxylic acids is 1. The number of rotatable bonds is 10. The van der Waals surface area contributed by atoms with Crippen LogP contribution in [0.15, 0.2) is 48.5 Å². The lowest BCUT2D eigenvalue weighted by molar-refractivity contribution is -0.194. The van der Waals surface area contributed by atoms with Crippen LogP contribution in [0.1, 0.15) is 49.7 Å². The number of hydrogen-bond acceptors (Lipinski definition) is 4. The van der Waals surface area contributed by atoms with E-state index in [2.05, 4.69) is 5.32 Å². The van der Waals surface area contributed by atoms with Crippen LogP contribution in [0.4, 0.5) is 18.0 Å². The molecule has 1 aliphatic carbocycles. The zero-order chi connectivity index (χ0) is 25.6. The SMILES string of the molecule is CC(NC(=O)OCC1c2ccccc2-c2ccccc21)(C(=O)NCCCCCC(=O)O)C(F)(F)F. The zero-order valence-electron chi connectivity index (χ0n) is 19.2. The van der Waals surface area contributed by atoms with E-state index in [0.29, 0.717) is 26.2 Å². The fourth-order valence-electron chi connectivity index (χ4n) is 4.05. The molecule has 0 aromatic heterocycles. The molecule has 1 unspecified atom stereocenters. The lowest BCUT2D eigenvalue weighted by atomic mass is 9.98. The summed E-state index contributed by atoms with van der Waals surface area (Å²) in [6.07, 6.45) is -5.42. The maximum atomic E-state index is 13.8. The van der Waals surface area contributed by atoms with Crippen molar-refractivity contribution < 1.29 is 37.4 Å². The lowest BCUT2D eigenvalue weighted by Crippen LogP contribution is -2.65. The summed E-state index contributed by atoms with van der Waals surface area (Å²) in [5, 5.41) is 12.5. The van der Waals surface area contributed by atoms with Crippen molar-refractivity contribution >= 4 is 18.0 Å². The first-order valence-electron chi connectivity index (χ1n) is 11.2. The van der Waals surface area contributed by atoms with Crippen LogP contribution in [-0.4, -0.2) is 47.9 Å². The van der Waals surface area contributed by atoms with Crippen LogP contribution in [0.3, 0.4) is 0 Å². The van der Waals surface area contributed by atoms with Crippen molar-refractivity contribution in [2.75, 3.05) is 13.2 Å². The minimum atomic E-state index is -5.08. The molecule has 0 radical (unpaired) electrons. The molecule has 188 valence electrons. The van der Waals surface area contributed by atoms with Gasteiger partial charge in [0.05, 0.1) is 0 Å². The number of aliphatic carboxylic acids is 1. The number of carbonyl (C=O) groups excluding carboxylic acids is 2. The number of carboxylic acid groups (broad SMARTS) is 1. The Hall–Kier alpha value is -3.56. The molecule has 2 aromatic carbocycles. The van der Waals surface area contributed by atoms with Crippen molar-refractivity contribution in [3.8, 4) is 11.1 Å². The molecule has 3 N–H and O–H groups in total. The van der Waals surface area contributed by atoms with E-state index in [-0.39, 0.29) is 25.5 Å². The summed E-state index contributed by atoms with van der Waals surface area (Å²) in [6.45, 7) is 0.295. The Morgan fingerprint density at radius 2 is 1.51 bits per heavy atom. The highest BCUT2D eigenvalue weighted by molar-refractivity contribution is 5.90. The van der Waals surface area contributed by atoms with Crippen LogP contribution in [0.25, 0.3) is 11.1 Å². The smallest absolute Gasteiger partial charge is 0.420 e. The zero-order valence-corrected chi connectivity index (χ0v) is 19.2. The minimum absolute atomic E-state index is 0.0580. The van der Waals surface area contributed by atoms with Crippen LogP contribution < -0.4 is 10.6 Å². The van der Waals surface area contributed by atoms with Gasteiger partial charge in [0.25, 0.3) is 5.91 Å². The Labute approximate surface area is 200 Å². The Balaban J connectivity index is 1.61. The third-order valence-electron chi connectivity index (χ3n) is 6.07. The predicted molar refractivity (Wildman–Crippen MR) is 122 cm³/mol. The molecular weight excluding hydrogens is 465 g/mol. The molecule has 35 heavy (non-hydrogen) atoms. The average molecular weight is 492 g/mol. The molecule has 0 aliphatic heterocycles. The van der Waals surface area contributed by atoms with Gasteiger partial charge in [-0.05, 0) is 42.0 Å². The third kappa shape index (κ3) is 5.93. The maximum absolute atomic E-state index is 13.8. The van der Waals surface area contributed by atoms with E-state index in [1.54, 1.807) is 5.32 Å². The number of carbonyl (C=O) groups is 3. The van der Waals surface area contributed by atoms with Crippen molar-refractivity contribution in [2.24, 2.45) is 0 Å². The second kappa shape index (κ2) is 10.8. The van der Waals surface area contributed by atoms with Gasteiger partial charge in [-0.2, -0.15) is 13.2 Å². The largest absolute Gasteiger partial charge is 0.481 e. The summed E-state index contributed by atoms with van der Waals surface area (Å²) in [6, 6.07) is 15.1. The summed E-state index contributed by atoms with van der Waals surface area (Å²) < 4.78 is 46.5. The number of amides is 2. The molecule has 1 aliphatic rings. The fourth-order valence-corrected chi connectivity index (χ4v) is 4.05. The van der Waals surface area contributed by atoms with E-state index in [9.17, 15) is 27.6 Å². The van der Waals surface area contributed by atoms with Crippen LogP contribution in [0, 0.1) is 0 Å². The molecule has 3 rings (SSSR count). The van der Waals surface area contributed by atoms with Gasteiger partial charge < -0.3 is 15.2 Å². The van der Waals surface area contributed by atoms with E-state index in [4.69, 9.17) is 9.84 Å². The lowest BCUT2D eigenvalue weighted by Gasteiger charge is -2.31. The quantitative estimate of drug-likeness (QED) is 0.420. The number of halogens is 3. The van der Waals surface area contributed by atoms with Crippen molar-refractivity contribution in [3.63, 3.8) is 0 Å². The molecule has 0 saturated heterocycles. The molecule has 2 amide bonds. The van der Waals surface area contributed by atoms with Crippen LogP contribution in [0.2, 0.25) is 0 Å². The van der Waals surface area contributed by atoms with Crippen molar-refractivity contribution in [2.45, 2.75) is 50.2 Å². The molecule has 2 aromatic rings. The summed E-state index contributed by atoms with van der Waals surface area (Å²) in [5.41, 5.74) is 0.554. The number of hydrogen-bond donors (Lipinski definition) is 3. The van der Waals surface area contributed by atoms with Gasteiger partial charge in [-0.1, -0.05) is 55.0 Å². The predicted octanol–water partition coefficient (Wildman–Crippen LogP) is 4.61. The van der Waals surface area contributed by atoms with Gasteiger partial charge >= 0.3 is 18.2 Å². The fraction of sp³-hybridized carbons (Fsp3) is 0.400. The summed E-state index contributed by atoms with van der Waals surface area (Å²) in [5.74, 6) is -2.73. The van der Waals surface area contributed by atoms with Crippen molar-refractivity contribution in [1.29, 1.82) is 0 Å². The van der Waals surface area contributed by atoms with E-state index in [1.165, 1.54) is 0 Å². The maximum Gasteiger partial charge on any atom is 0.420 e. The standard InChI is InChI=1S/C25H27F3N2O5/c1-24(25(26,27)28,22(33)29-14-8-2-3-13-21(31)32)30-23(34)35-15-20-18-11-6-4-9-16(18)17-10-5-7-12-19(17)20/h4-7,9-12,20H,2-3,8,13-15H2,1H3,(H,29,33)(H,30,34)(H,31,32). The van der Waals surface area contributed by atoms with Gasteiger partial charge in [0.15, 0.2) is 0 Å². The third-order valence-corrected chi connectivity index (χ3v) is 6.07. The first-order valence-corrected chi connectivity index (χ1v) is 11.2. The Kier molecular flexibility index (Phi) is 8.03. The molecule has 0 saturated carbocycles. The first-order chi connectivity index (χ1) is 16.5. The number of alkyl carbamates (subject to hydrolysis) is 1. The molecular formula is C25H27F3N2O5. The van der Waals surface area contributed by atoms with E-state index in [1.807, 2.05) is 48.5 Å². The van der Waals surface area contributed by atoms with Gasteiger partial charge in [0, 0.05) is 18.9 Å².